The lowest BCUT2D eigenvalue weighted by Gasteiger charge is -2.39. The number of alkyl carbamates (subject to hydrolysis) is 1. The van der Waals surface area contributed by atoms with Crippen LogP contribution in [-0.2, 0) is 31.3 Å². The molecule has 0 saturated carbocycles. The van der Waals surface area contributed by atoms with Crippen molar-refractivity contribution in [3.8, 4) is 0 Å². The fourth-order valence-corrected chi connectivity index (χ4v) is 6.34. The highest BCUT2D eigenvalue weighted by molar-refractivity contribution is 14.1. The van der Waals surface area contributed by atoms with Gasteiger partial charge >= 0.3 is 6.09 Å². The van der Waals surface area contributed by atoms with Crippen LogP contribution in [0, 0.1) is 9.39 Å². The van der Waals surface area contributed by atoms with E-state index in [1.165, 1.54) is 6.07 Å². The van der Waals surface area contributed by atoms with Crippen molar-refractivity contribution in [2.45, 2.75) is 63.6 Å². The number of halogens is 2. The lowest BCUT2D eigenvalue weighted by Crippen LogP contribution is -2.52. The van der Waals surface area contributed by atoms with Gasteiger partial charge in [-0.1, -0.05) is 30.3 Å². The number of hydrogen-bond donors (Lipinski definition) is 2. The van der Waals surface area contributed by atoms with Crippen molar-refractivity contribution in [1.29, 1.82) is 0 Å². The Kier molecular flexibility index (Phi) is 9.02. The zero-order chi connectivity index (χ0) is 26.6. The van der Waals surface area contributed by atoms with Gasteiger partial charge in [0, 0.05) is 16.0 Å². The van der Waals surface area contributed by atoms with Crippen molar-refractivity contribution in [3.63, 3.8) is 0 Å². The van der Waals surface area contributed by atoms with Gasteiger partial charge in [-0.3, -0.25) is 4.79 Å². The fourth-order valence-electron chi connectivity index (χ4n) is 4.28. The second kappa shape index (κ2) is 11.5. The summed E-state index contributed by atoms with van der Waals surface area (Å²) in [7, 11) is -3.18. The first-order chi connectivity index (χ1) is 16.8. The van der Waals surface area contributed by atoms with Gasteiger partial charge in [0.05, 0.1) is 17.0 Å². The summed E-state index contributed by atoms with van der Waals surface area (Å²) >= 11 is 2.18. The van der Waals surface area contributed by atoms with Gasteiger partial charge in [-0.25, -0.2) is 17.6 Å². The van der Waals surface area contributed by atoms with Crippen LogP contribution in [0.4, 0.5) is 9.18 Å². The molecule has 7 nitrogen and oxygen atoms in total. The highest BCUT2D eigenvalue weighted by Gasteiger charge is 2.40. The summed E-state index contributed by atoms with van der Waals surface area (Å²) in [6.07, 6.45) is -0.250. The van der Waals surface area contributed by atoms with Crippen molar-refractivity contribution in [1.82, 2.24) is 10.6 Å². The Labute approximate surface area is 225 Å². The van der Waals surface area contributed by atoms with Gasteiger partial charge in [-0.2, -0.15) is 0 Å². The molecule has 0 radical (unpaired) electrons. The van der Waals surface area contributed by atoms with E-state index in [9.17, 15) is 22.4 Å². The molecule has 0 unspecified atom stereocenters. The molecule has 0 bridgehead atoms. The molecule has 1 heterocycles. The minimum Gasteiger partial charge on any atom is -0.444 e. The average Bonchev–Trinajstić information content (AvgIpc) is 2.75. The topological polar surface area (TPSA) is 102 Å². The Morgan fingerprint density at radius 1 is 1.11 bits per heavy atom. The molecule has 3 rings (SSSR count). The third-order valence-corrected chi connectivity index (χ3v) is 8.34. The summed E-state index contributed by atoms with van der Waals surface area (Å²) in [5.41, 5.74) is -0.388. The Morgan fingerprint density at radius 3 is 2.39 bits per heavy atom. The van der Waals surface area contributed by atoms with Gasteiger partial charge in [0.2, 0.25) is 5.91 Å². The van der Waals surface area contributed by atoms with E-state index in [4.69, 9.17) is 4.74 Å². The molecule has 10 heteroatoms. The molecule has 2 amide bonds. The van der Waals surface area contributed by atoms with Crippen LogP contribution in [0.2, 0.25) is 0 Å². The van der Waals surface area contributed by atoms with Crippen molar-refractivity contribution in [3.05, 3.63) is 69.0 Å². The summed E-state index contributed by atoms with van der Waals surface area (Å²) in [6, 6.07) is 13.1. The molecular formula is C26H32FIN2O5S. The Hall–Kier alpha value is -2.21. The third-order valence-electron chi connectivity index (χ3n) is 6.01. The van der Waals surface area contributed by atoms with Crippen molar-refractivity contribution < 1.29 is 27.1 Å². The standard InChI is InChI=1S/C26H32FIN2O5S/c1-25(2,3)35-24(32)29-21(15-18-7-4-5-10-22(18)27)17-23(31)30-26(11-13-36(33,34)14-12-26)19-8-6-9-20(28)16-19/h4-10,16,21H,11-15,17H2,1-3H3,(H,29,32)(H,30,31)/t21-/m1/s1. The maximum absolute atomic E-state index is 14.4. The zero-order valence-corrected chi connectivity index (χ0v) is 23.6. The van der Waals surface area contributed by atoms with E-state index in [-0.39, 0.29) is 43.1 Å². The highest BCUT2D eigenvalue weighted by atomic mass is 127. The van der Waals surface area contributed by atoms with Crippen LogP contribution >= 0.6 is 22.6 Å². The molecule has 1 atom stereocenters. The van der Waals surface area contributed by atoms with Crippen molar-refractivity contribution in [2.24, 2.45) is 0 Å². The van der Waals surface area contributed by atoms with E-state index in [0.717, 1.165) is 9.13 Å². The van der Waals surface area contributed by atoms with Crippen LogP contribution in [0.3, 0.4) is 0 Å². The van der Waals surface area contributed by atoms with Crippen LogP contribution in [-0.4, -0.2) is 43.6 Å². The van der Waals surface area contributed by atoms with E-state index in [1.807, 2.05) is 24.3 Å². The molecule has 36 heavy (non-hydrogen) atoms. The highest BCUT2D eigenvalue weighted by Crippen LogP contribution is 2.35. The summed E-state index contributed by atoms with van der Waals surface area (Å²) < 4.78 is 45.0. The van der Waals surface area contributed by atoms with Gasteiger partial charge in [-0.15, -0.1) is 0 Å². The summed E-state index contributed by atoms with van der Waals surface area (Å²) in [6.45, 7) is 5.19. The molecule has 0 aromatic heterocycles. The Bertz CT molecular complexity index is 1200. The molecule has 196 valence electrons. The third kappa shape index (κ3) is 8.16. The minimum atomic E-state index is -3.18. The van der Waals surface area contributed by atoms with Gasteiger partial charge in [-0.05, 0) is 92.0 Å². The second-order valence-corrected chi connectivity index (χ2v) is 13.7. The van der Waals surface area contributed by atoms with E-state index in [1.54, 1.807) is 39.0 Å². The number of ether oxygens (including phenoxy) is 1. The van der Waals surface area contributed by atoms with Crippen LogP contribution in [0.1, 0.15) is 51.2 Å². The molecular weight excluding hydrogens is 598 g/mol. The fraction of sp³-hybridized carbons (Fsp3) is 0.462. The first-order valence-corrected chi connectivity index (χ1v) is 14.7. The first-order valence-electron chi connectivity index (χ1n) is 11.8. The van der Waals surface area contributed by atoms with E-state index in [0.29, 0.717) is 5.56 Å². The van der Waals surface area contributed by atoms with Gasteiger partial charge in [0.1, 0.15) is 11.4 Å². The number of benzene rings is 2. The number of sulfone groups is 1. The number of hydrogen-bond acceptors (Lipinski definition) is 5. The largest absolute Gasteiger partial charge is 0.444 e. The van der Waals surface area contributed by atoms with E-state index in [2.05, 4.69) is 33.2 Å². The van der Waals surface area contributed by atoms with Gasteiger partial charge < -0.3 is 15.4 Å². The molecule has 1 aliphatic heterocycles. The molecule has 1 aliphatic rings. The summed E-state index contributed by atoms with van der Waals surface area (Å²) in [5.74, 6) is -0.867. The van der Waals surface area contributed by atoms with E-state index >= 15 is 0 Å². The average molecular weight is 631 g/mol. The lowest BCUT2D eigenvalue weighted by molar-refractivity contribution is -0.123. The number of rotatable bonds is 7. The molecule has 1 saturated heterocycles. The lowest BCUT2D eigenvalue weighted by atomic mass is 9.84. The smallest absolute Gasteiger partial charge is 0.407 e. The predicted molar refractivity (Wildman–Crippen MR) is 145 cm³/mol. The number of carbonyl (C=O) groups excluding carboxylic acids is 2. The quantitative estimate of drug-likeness (QED) is 0.440. The van der Waals surface area contributed by atoms with Crippen LogP contribution in [0.25, 0.3) is 0 Å². The molecule has 1 fully saturated rings. The summed E-state index contributed by atoms with van der Waals surface area (Å²) in [4.78, 5) is 25.8. The monoisotopic (exact) mass is 630 g/mol. The van der Waals surface area contributed by atoms with Crippen molar-refractivity contribution in [2.75, 3.05) is 11.5 Å². The minimum absolute atomic E-state index is 0.0342. The summed E-state index contributed by atoms with van der Waals surface area (Å²) in [5, 5.41) is 5.78. The van der Waals surface area contributed by atoms with Crippen LogP contribution < -0.4 is 10.6 Å². The number of carbonyl (C=O) groups is 2. The molecule has 0 spiro atoms. The van der Waals surface area contributed by atoms with Crippen molar-refractivity contribution >= 4 is 44.4 Å². The zero-order valence-electron chi connectivity index (χ0n) is 20.6. The van der Waals surface area contributed by atoms with Gasteiger partial charge in [0.15, 0.2) is 9.84 Å². The SMILES string of the molecule is CC(C)(C)OC(=O)N[C@@H](CC(=O)NC1(c2cccc(I)c2)CCS(=O)(=O)CC1)Cc1ccccc1F. The Balaban J connectivity index is 1.83. The first kappa shape index (κ1) is 28.4. The molecule has 2 aromatic rings. The van der Waals surface area contributed by atoms with Gasteiger partial charge in [0.25, 0.3) is 0 Å². The normalized spacial score (nSPS) is 17.6. The van der Waals surface area contributed by atoms with Crippen LogP contribution in [0.15, 0.2) is 48.5 Å². The molecule has 0 aliphatic carbocycles. The number of amides is 2. The molecule has 2 aromatic carbocycles. The Morgan fingerprint density at radius 2 is 1.78 bits per heavy atom. The predicted octanol–water partition coefficient (Wildman–Crippen LogP) is 4.48. The maximum Gasteiger partial charge on any atom is 0.407 e. The maximum atomic E-state index is 14.4. The number of nitrogens with one attached hydrogen (secondary N) is 2. The van der Waals surface area contributed by atoms with Crippen LogP contribution in [0.5, 0.6) is 0 Å². The molecule has 2 N–H and O–H groups in total. The second-order valence-electron chi connectivity index (χ2n) is 10.1. The van der Waals surface area contributed by atoms with E-state index < -0.39 is 38.9 Å².